The van der Waals surface area contributed by atoms with Crippen LogP contribution >= 0.6 is 52.5 Å². The molecule has 0 saturated carbocycles. The number of H-pyrrole nitrogens is 2. The minimum atomic E-state index is -0.902. The number of carbonyl (C=O) groups is 4. The highest BCUT2D eigenvalue weighted by molar-refractivity contribution is 9.09. The van der Waals surface area contributed by atoms with Gasteiger partial charge in [0.1, 0.15) is 24.3 Å². The van der Waals surface area contributed by atoms with Crippen molar-refractivity contribution in [3.05, 3.63) is 55.1 Å². The van der Waals surface area contributed by atoms with Gasteiger partial charge in [0.15, 0.2) is 0 Å². The third-order valence-corrected chi connectivity index (χ3v) is 8.04. The number of alkyl halides is 1. The number of nitrogens with two attached hydrogens (primary N) is 1. The summed E-state index contributed by atoms with van der Waals surface area (Å²) < 4.78 is 14.5. The Hall–Kier alpha value is -4.64. The first-order valence-electron chi connectivity index (χ1n) is 17.9. The number of aromatic amines is 2. The molecular weight excluding hydrogens is 909 g/mol. The summed E-state index contributed by atoms with van der Waals surface area (Å²) >= 11 is 12.4. The normalized spacial score (nSPS) is 11.8. The van der Waals surface area contributed by atoms with Crippen molar-refractivity contribution >= 4 is 81.2 Å². The molecule has 332 valence electrons. The first kappa shape index (κ1) is 59.7. The van der Waals surface area contributed by atoms with Gasteiger partial charge < -0.3 is 50.8 Å². The zero-order valence-corrected chi connectivity index (χ0v) is 38.0. The van der Waals surface area contributed by atoms with Gasteiger partial charge in [-0.05, 0) is 38.8 Å². The molecule has 4 rings (SSSR count). The average Bonchev–Trinajstić information content (AvgIpc) is 3.17. The number of ether oxygens (including phenoxy) is 3. The average molecular weight is 962 g/mol. The number of Topliss-reactive ketones (excluding diaryl/α,β-unsaturated/α-hetero) is 1. The van der Waals surface area contributed by atoms with Gasteiger partial charge in [-0.1, -0.05) is 28.1 Å². The number of aliphatic carboxylic acids is 2. The number of nitriles is 3. The Morgan fingerprint density at radius 1 is 0.900 bits per heavy atom. The first-order valence-corrected chi connectivity index (χ1v) is 20.8. The largest absolute Gasteiger partial charge is 0.481 e. The maximum absolute atomic E-state index is 11.2. The molecule has 0 atom stereocenters. The summed E-state index contributed by atoms with van der Waals surface area (Å²) in [5, 5.41) is 49.3. The van der Waals surface area contributed by atoms with Crippen LogP contribution in [0.25, 0.3) is 0 Å². The van der Waals surface area contributed by atoms with Crippen LogP contribution in [0.2, 0.25) is 0 Å². The third-order valence-electron chi connectivity index (χ3n) is 6.16. The molecule has 0 aliphatic carbocycles. The first-order chi connectivity index (χ1) is 28.4. The molecule has 0 radical (unpaired) electrons. The van der Waals surface area contributed by atoms with E-state index in [0.717, 1.165) is 52.6 Å². The minimum absolute atomic E-state index is 0.00842. The second-order valence-corrected chi connectivity index (χ2v) is 14.2. The van der Waals surface area contributed by atoms with Crippen molar-refractivity contribution in [2.45, 2.75) is 63.4 Å². The molecule has 0 amide bonds. The van der Waals surface area contributed by atoms with E-state index in [1.54, 1.807) is 26.8 Å². The molecule has 0 spiro atoms. The predicted molar refractivity (Wildman–Crippen MR) is 236 cm³/mol. The Labute approximate surface area is 372 Å². The number of halogens is 1. The van der Waals surface area contributed by atoms with E-state index in [2.05, 4.69) is 66.1 Å². The monoisotopic (exact) mass is 960 g/mol. The lowest BCUT2D eigenvalue weighted by Crippen LogP contribution is -2.30. The van der Waals surface area contributed by atoms with Gasteiger partial charge in [-0.3, -0.25) is 28.8 Å². The molecule has 2 aliphatic rings. The quantitative estimate of drug-likeness (QED) is 0.0424. The molecule has 0 bridgehead atoms. The Balaban J connectivity index is -0.000000657. The third kappa shape index (κ3) is 37.6. The number of hydrogen-bond acceptors (Lipinski definition) is 17. The van der Waals surface area contributed by atoms with Gasteiger partial charge in [0.2, 0.25) is 11.1 Å². The van der Waals surface area contributed by atoms with Crippen LogP contribution in [-0.4, -0.2) is 119 Å². The van der Waals surface area contributed by atoms with E-state index in [-0.39, 0.29) is 47.6 Å². The van der Waals surface area contributed by atoms with E-state index in [1.165, 1.54) is 30.8 Å². The van der Waals surface area contributed by atoms with Crippen molar-refractivity contribution in [1.82, 2.24) is 20.6 Å². The molecule has 2 aliphatic heterocycles. The van der Waals surface area contributed by atoms with Crippen LogP contribution in [0.4, 0.5) is 0 Å². The van der Waals surface area contributed by atoms with Crippen LogP contribution in [0.1, 0.15) is 61.8 Å². The van der Waals surface area contributed by atoms with E-state index in [1.807, 2.05) is 12.1 Å². The van der Waals surface area contributed by atoms with Crippen molar-refractivity contribution in [2.24, 2.45) is 5.73 Å². The van der Waals surface area contributed by atoms with Crippen LogP contribution in [0, 0.1) is 47.8 Å². The van der Waals surface area contributed by atoms with Crippen LogP contribution in [0.3, 0.4) is 0 Å². The Morgan fingerprint density at radius 3 is 1.65 bits per heavy atom. The van der Waals surface area contributed by atoms with Gasteiger partial charge in [-0.2, -0.15) is 15.8 Å². The van der Waals surface area contributed by atoms with Crippen LogP contribution in [0.5, 0.6) is 0 Å². The summed E-state index contributed by atoms with van der Waals surface area (Å²) in [5.41, 5.74) is 6.48. The molecule has 2 aromatic heterocycles. The molecule has 2 saturated heterocycles. The fourth-order valence-corrected chi connectivity index (χ4v) is 5.31. The number of morpholine rings is 2. The number of nitrogens with zero attached hydrogens (tertiary/aromatic N) is 3. The summed E-state index contributed by atoms with van der Waals surface area (Å²) in [6.07, 6.45) is 0.286. The second-order valence-electron chi connectivity index (χ2n) is 11.3. The van der Waals surface area contributed by atoms with Crippen LogP contribution in [0.15, 0.2) is 31.8 Å². The standard InChI is InChI=1S/C10H10N2O3S.C7H6N2OS.C6H10O3.2C4H9NO.C3H5BrO2.C3H4N2S/c1-6-4-8(13)12-10(7(6)5-11)16-3-2-9(14)15;1-4-2-6(10)9-7(11)5(4)3-8;1-3-9-6(8)4-5(2)7;2*1-3-6-4-2-5-1;2*4-2-1-3(5)6/h4H,2-3H2,1H3,(H,12,13)(H,14,15);2H,1H3,(H2,9,10,11);3-4H2,1-2H3;2*5H,1-4H2;1-2H2,(H,5,6);1H2,(H2,5,6). The van der Waals surface area contributed by atoms with E-state index in [4.69, 9.17) is 41.2 Å². The maximum Gasteiger partial charge on any atom is 0.313 e. The van der Waals surface area contributed by atoms with Crippen molar-refractivity contribution in [2.75, 3.05) is 70.3 Å². The van der Waals surface area contributed by atoms with Crippen molar-refractivity contribution < 1.29 is 43.6 Å². The van der Waals surface area contributed by atoms with Gasteiger partial charge >= 0.3 is 17.9 Å². The van der Waals surface area contributed by atoms with Crippen molar-refractivity contribution in [3.63, 3.8) is 0 Å². The molecule has 23 heteroatoms. The fraction of sp³-hybridized carbons (Fsp3) is 0.514. The van der Waals surface area contributed by atoms with Gasteiger partial charge in [-0.15, -0.1) is 24.4 Å². The number of aryl methyl sites for hydroxylation is 2. The number of carboxylic acid groups (broad SMARTS) is 2. The number of ketones is 1. The minimum Gasteiger partial charge on any atom is -0.481 e. The number of esters is 1. The summed E-state index contributed by atoms with van der Waals surface area (Å²) in [6, 6.07) is 8.46. The number of carbonyl (C=O) groups excluding carboxylic acids is 2. The van der Waals surface area contributed by atoms with E-state index >= 15 is 0 Å². The molecule has 60 heavy (non-hydrogen) atoms. The molecule has 0 unspecified atom stereocenters. The number of thiol groups is 1. The zero-order valence-electron chi connectivity index (χ0n) is 33.9. The zero-order chi connectivity index (χ0) is 46.3. The molecule has 4 heterocycles. The highest BCUT2D eigenvalue weighted by atomic mass is 79.9. The van der Waals surface area contributed by atoms with Gasteiger partial charge in [-0.25, -0.2) is 0 Å². The van der Waals surface area contributed by atoms with Gasteiger partial charge in [0, 0.05) is 49.4 Å². The highest BCUT2D eigenvalue weighted by Gasteiger charge is 2.09. The topological polar surface area (TPSA) is 324 Å². The predicted octanol–water partition coefficient (Wildman–Crippen LogP) is 2.75. The highest BCUT2D eigenvalue weighted by Crippen LogP contribution is 2.21. The molecule has 8 N–H and O–H groups in total. The van der Waals surface area contributed by atoms with Crippen molar-refractivity contribution in [3.8, 4) is 18.2 Å². The molecule has 2 aromatic rings. The lowest BCUT2D eigenvalue weighted by atomic mass is 10.2. The summed E-state index contributed by atoms with van der Waals surface area (Å²) in [4.78, 5) is 67.7. The summed E-state index contributed by atoms with van der Waals surface area (Å²) in [5.74, 6) is -1.94. The summed E-state index contributed by atoms with van der Waals surface area (Å²) in [6.45, 7) is 14.4. The number of nitrogens with one attached hydrogen (secondary N) is 4. The maximum atomic E-state index is 11.2. The Kier molecular flexibility index (Phi) is 39.6. The SMILES string of the molecule is C1COCCN1.C1COCCN1.CCOC(=O)CC(C)=O.Cc1cc(=O)[nH]c(S)c1C#N.Cc1cc(=O)[nH]c(SCCC(=O)O)c1C#N.N#CCC(N)=S.O=C(O)CCBr. The Morgan fingerprint density at radius 2 is 1.37 bits per heavy atom. The van der Waals surface area contributed by atoms with Crippen LogP contribution in [-0.2, 0) is 33.4 Å². The van der Waals surface area contributed by atoms with Crippen LogP contribution < -0.4 is 27.5 Å². The van der Waals surface area contributed by atoms with Gasteiger partial charge in [0.05, 0.1) is 84.5 Å². The smallest absolute Gasteiger partial charge is 0.313 e. The fourth-order valence-electron chi connectivity index (χ4n) is 3.56. The second kappa shape index (κ2) is 39.8. The number of carboxylic acids is 2. The lowest BCUT2D eigenvalue weighted by Gasteiger charge is -2.10. The number of pyridine rings is 2. The van der Waals surface area contributed by atoms with E-state index in [0.29, 0.717) is 50.0 Å². The molecular formula is C37H53BrN8O11S3. The van der Waals surface area contributed by atoms with E-state index in [9.17, 15) is 28.8 Å². The lowest BCUT2D eigenvalue weighted by molar-refractivity contribution is -0.145. The van der Waals surface area contributed by atoms with E-state index < -0.39 is 17.9 Å². The molecule has 2 fully saturated rings. The molecule has 19 nitrogen and oxygen atoms in total. The Bertz CT molecular complexity index is 1790. The number of thiocarbonyl (C=S) groups is 1. The van der Waals surface area contributed by atoms with Crippen molar-refractivity contribution in [1.29, 1.82) is 15.8 Å². The summed E-state index contributed by atoms with van der Waals surface area (Å²) in [7, 11) is 0. The number of thioether (sulfide) groups is 1. The number of rotatable bonds is 10. The molecule has 0 aromatic carbocycles. The van der Waals surface area contributed by atoms with Gasteiger partial charge in [0.25, 0.3) is 0 Å². The number of hydrogen-bond donors (Lipinski definition) is 8. The number of aromatic nitrogens is 2.